The molecule has 0 aliphatic rings. The molecule has 0 saturated carbocycles. The Morgan fingerprint density at radius 3 is 2.83 bits per heavy atom. The second-order valence-electron chi connectivity index (χ2n) is 5.24. The predicted octanol–water partition coefficient (Wildman–Crippen LogP) is 3.43. The molecule has 2 rings (SSSR count). The Bertz CT molecular complexity index is 683. The Labute approximate surface area is 135 Å². The van der Waals surface area contributed by atoms with Gasteiger partial charge in [0.1, 0.15) is 0 Å². The van der Waals surface area contributed by atoms with Gasteiger partial charge in [-0.2, -0.15) is 13.2 Å². The fourth-order valence-electron chi connectivity index (χ4n) is 1.97. The van der Waals surface area contributed by atoms with Crippen molar-refractivity contribution in [1.82, 2.24) is 4.98 Å². The van der Waals surface area contributed by atoms with Crippen molar-refractivity contribution in [3.8, 4) is 0 Å². The fourth-order valence-corrected chi connectivity index (χ4v) is 2.83. The lowest BCUT2D eigenvalue weighted by molar-refractivity contribution is -0.137. The number of nitrogens with one attached hydrogen (secondary N) is 1. The first-order valence-corrected chi connectivity index (χ1v) is 7.72. The van der Waals surface area contributed by atoms with E-state index in [9.17, 15) is 18.0 Å². The number of rotatable bonds is 5. The van der Waals surface area contributed by atoms with E-state index in [1.54, 1.807) is 19.2 Å². The number of alkyl halides is 3. The van der Waals surface area contributed by atoms with Crippen LogP contribution in [0.4, 0.5) is 18.3 Å². The third-order valence-corrected chi connectivity index (χ3v) is 3.85. The number of halogens is 3. The van der Waals surface area contributed by atoms with Crippen LogP contribution in [0.3, 0.4) is 0 Å². The van der Waals surface area contributed by atoms with E-state index in [4.69, 9.17) is 5.73 Å². The molecule has 0 saturated heterocycles. The quantitative estimate of drug-likeness (QED) is 0.874. The van der Waals surface area contributed by atoms with Gasteiger partial charge in [0.2, 0.25) is 5.91 Å². The highest BCUT2D eigenvalue weighted by Gasteiger charge is 2.30. The number of nitrogens with zero attached hydrogens (tertiary/aromatic N) is 1. The normalized spacial score (nSPS) is 12.9. The maximum Gasteiger partial charge on any atom is 0.416 e. The van der Waals surface area contributed by atoms with E-state index < -0.39 is 11.7 Å². The smallest absolute Gasteiger partial charge is 0.327 e. The van der Waals surface area contributed by atoms with Crippen LogP contribution < -0.4 is 11.1 Å². The average molecular weight is 343 g/mol. The maximum atomic E-state index is 12.7. The van der Waals surface area contributed by atoms with Crippen molar-refractivity contribution < 1.29 is 18.0 Å². The molecule has 1 unspecified atom stereocenters. The van der Waals surface area contributed by atoms with Crippen LogP contribution in [-0.2, 0) is 17.4 Å². The number of thiazole rings is 1. The summed E-state index contributed by atoms with van der Waals surface area (Å²) >= 11 is 1.23. The monoisotopic (exact) mass is 343 g/mol. The molecule has 0 aliphatic carbocycles. The summed E-state index contributed by atoms with van der Waals surface area (Å²) in [7, 11) is 0. The van der Waals surface area contributed by atoms with E-state index >= 15 is 0 Å². The first kappa shape index (κ1) is 17.4. The zero-order valence-corrected chi connectivity index (χ0v) is 13.2. The van der Waals surface area contributed by atoms with E-state index in [-0.39, 0.29) is 18.4 Å². The van der Waals surface area contributed by atoms with E-state index in [1.165, 1.54) is 17.4 Å². The van der Waals surface area contributed by atoms with Crippen molar-refractivity contribution in [3.05, 3.63) is 46.5 Å². The zero-order chi connectivity index (χ0) is 17.0. The molecule has 1 amide bonds. The minimum atomic E-state index is -4.36. The van der Waals surface area contributed by atoms with Gasteiger partial charge in [-0.05, 0) is 18.6 Å². The molecule has 0 bridgehead atoms. The number of benzene rings is 1. The molecule has 1 heterocycles. The maximum absolute atomic E-state index is 12.7. The van der Waals surface area contributed by atoms with Gasteiger partial charge in [-0.15, -0.1) is 11.3 Å². The van der Waals surface area contributed by atoms with E-state index in [0.717, 1.165) is 17.0 Å². The van der Waals surface area contributed by atoms with Gasteiger partial charge in [-0.3, -0.25) is 4.79 Å². The van der Waals surface area contributed by atoms with Crippen LogP contribution in [0.2, 0.25) is 0 Å². The number of carbonyl (C=O) groups is 1. The molecule has 1 aromatic carbocycles. The van der Waals surface area contributed by atoms with Gasteiger partial charge in [0.05, 0.1) is 5.56 Å². The Kier molecular flexibility index (Phi) is 5.38. The lowest BCUT2D eigenvalue weighted by Gasteiger charge is -2.07. The molecular formula is C15H16F3N3OS. The van der Waals surface area contributed by atoms with Crippen molar-refractivity contribution in [2.45, 2.75) is 32.0 Å². The van der Waals surface area contributed by atoms with Crippen LogP contribution >= 0.6 is 11.3 Å². The Morgan fingerprint density at radius 2 is 2.17 bits per heavy atom. The van der Waals surface area contributed by atoms with Crippen molar-refractivity contribution in [2.24, 2.45) is 5.73 Å². The summed E-state index contributed by atoms with van der Waals surface area (Å²) in [5.41, 5.74) is 5.40. The summed E-state index contributed by atoms with van der Waals surface area (Å²) in [5, 5.41) is 3.04. The highest BCUT2D eigenvalue weighted by atomic mass is 32.1. The third-order valence-electron chi connectivity index (χ3n) is 2.94. The molecule has 2 aromatic rings. The van der Waals surface area contributed by atoms with Crippen LogP contribution in [0.15, 0.2) is 30.5 Å². The third kappa shape index (κ3) is 5.33. The van der Waals surface area contributed by atoms with Gasteiger partial charge in [0.15, 0.2) is 5.13 Å². The molecule has 3 N–H and O–H groups in total. The zero-order valence-electron chi connectivity index (χ0n) is 12.4. The number of nitrogens with two attached hydrogens (primary N) is 1. The van der Waals surface area contributed by atoms with Crippen LogP contribution in [0, 0.1) is 0 Å². The summed E-state index contributed by atoms with van der Waals surface area (Å²) in [5.74, 6) is -0.236. The number of anilines is 1. The van der Waals surface area contributed by atoms with Crippen molar-refractivity contribution in [3.63, 3.8) is 0 Å². The molecule has 0 radical (unpaired) electrons. The minimum absolute atomic E-state index is 0.183. The molecule has 4 nitrogen and oxygen atoms in total. The van der Waals surface area contributed by atoms with Crippen LogP contribution in [0.1, 0.15) is 29.3 Å². The number of hydrogen-bond acceptors (Lipinski definition) is 4. The molecule has 1 atom stereocenters. The molecule has 0 fully saturated rings. The number of carbonyl (C=O) groups excluding carboxylic acids is 1. The summed E-state index contributed by atoms with van der Waals surface area (Å²) in [6, 6.07) is 4.91. The minimum Gasteiger partial charge on any atom is -0.327 e. The number of hydrogen-bond donors (Lipinski definition) is 2. The molecular weight excluding hydrogens is 327 g/mol. The summed E-state index contributed by atoms with van der Waals surface area (Å²) in [6.45, 7) is 1.72. The highest BCUT2D eigenvalue weighted by molar-refractivity contribution is 7.15. The first-order chi connectivity index (χ1) is 10.7. The second-order valence-corrected chi connectivity index (χ2v) is 6.35. The van der Waals surface area contributed by atoms with Crippen molar-refractivity contribution in [2.75, 3.05) is 5.32 Å². The summed E-state index contributed by atoms with van der Waals surface area (Å²) < 4.78 is 38.1. The highest BCUT2D eigenvalue weighted by Crippen LogP contribution is 2.30. The Morgan fingerprint density at radius 1 is 1.43 bits per heavy atom. The van der Waals surface area contributed by atoms with Gasteiger partial charge in [0, 0.05) is 30.0 Å². The van der Waals surface area contributed by atoms with Crippen LogP contribution in [-0.4, -0.2) is 16.9 Å². The molecule has 23 heavy (non-hydrogen) atoms. The van der Waals surface area contributed by atoms with Crippen molar-refractivity contribution in [1.29, 1.82) is 0 Å². The largest absolute Gasteiger partial charge is 0.416 e. The second kappa shape index (κ2) is 7.10. The van der Waals surface area contributed by atoms with Gasteiger partial charge in [-0.1, -0.05) is 18.2 Å². The van der Waals surface area contributed by atoms with Crippen LogP contribution in [0.5, 0.6) is 0 Å². The average Bonchev–Trinajstić information content (AvgIpc) is 2.84. The summed E-state index contributed by atoms with van der Waals surface area (Å²) in [4.78, 5) is 16.4. The lowest BCUT2D eigenvalue weighted by atomic mass is 10.1. The van der Waals surface area contributed by atoms with Gasteiger partial charge < -0.3 is 11.1 Å². The first-order valence-electron chi connectivity index (χ1n) is 6.90. The Hall–Kier alpha value is -1.93. The number of aromatic nitrogens is 1. The van der Waals surface area contributed by atoms with Crippen molar-refractivity contribution >= 4 is 22.4 Å². The standard InChI is InChI=1S/C15H16F3N3OS/c1-9(19)5-13(22)21-14-20-8-12(23-14)7-10-3-2-4-11(6-10)15(16,17)18/h2-4,6,8-9H,5,7,19H2,1H3,(H,20,21,22). The van der Waals surface area contributed by atoms with Crippen LogP contribution in [0.25, 0.3) is 0 Å². The Balaban J connectivity index is 2.03. The molecule has 124 valence electrons. The summed E-state index contributed by atoms with van der Waals surface area (Å²) in [6.07, 6.45) is -2.30. The number of amides is 1. The van der Waals surface area contributed by atoms with E-state index in [1.807, 2.05) is 0 Å². The topological polar surface area (TPSA) is 68.0 Å². The molecule has 0 aliphatic heterocycles. The van der Waals surface area contributed by atoms with Gasteiger partial charge >= 0.3 is 6.18 Å². The lowest BCUT2D eigenvalue weighted by Crippen LogP contribution is -2.23. The molecule has 0 spiro atoms. The van der Waals surface area contributed by atoms with E-state index in [0.29, 0.717) is 17.1 Å². The molecule has 1 aromatic heterocycles. The van der Waals surface area contributed by atoms with E-state index in [2.05, 4.69) is 10.3 Å². The SMILES string of the molecule is CC(N)CC(=O)Nc1ncc(Cc2cccc(C(F)(F)F)c2)s1. The fraction of sp³-hybridized carbons (Fsp3) is 0.333. The predicted molar refractivity (Wildman–Crippen MR) is 83.3 cm³/mol. The van der Waals surface area contributed by atoms with Gasteiger partial charge in [0.25, 0.3) is 0 Å². The van der Waals surface area contributed by atoms with Gasteiger partial charge in [-0.25, -0.2) is 4.98 Å². The molecule has 8 heteroatoms.